The largest absolute Gasteiger partial charge is 0.316 e. The zero-order valence-corrected chi connectivity index (χ0v) is 17.3. The number of anilines is 1. The van der Waals surface area contributed by atoms with Gasteiger partial charge < -0.3 is 9.13 Å². The Morgan fingerprint density at radius 3 is 2.64 bits per heavy atom. The number of nitrogens with one attached hydrogen (secondary N) is 1. The second-order valence-electron chi connectivity index (χ2n) is 6.59. The van der Waals surface area contributed by atoms with Crippen molar-refractivity contribution >= 4 is 46.4 Å². The summed E-state index contributed by atoms with van der Waals surface area (Å²) < 4.78 is 4.05. The number of aryl methyl sites for hydroxylation is 2. The Kier molecular flexibility index (Phi) is 4.87. The molecule has 0 unspecified atom stereocenters. The van der Waals surface area contributed by atoms with Crippen molar-refractivity contribution in [3.63, 3.8) is 0 Å². The lowest BCUT2D eigenvalue weighted by Gasteiger charge is -2.12. The van der Waals surface area contributed by atoms with Gasteiger partial charge in [-0.25, -0.2) is 10.4 Å². The first-order valence-corrected chi connectivity index (χ1v) is 9.57. The summed E-state index contributed by atoms with van der Waals surface area (Å²) >= 11 is 12.6. The molecule has 2 aromatic heterocycles. The molecule has 4 aromatic rings. The second kappa shape index (κ2) is 7.34. The minimum atomic E-state index is 0.533. The predicted molar refractivity (Wildman–Crippen MR) is 117 cm³/mol. The number of aromatic nitrogens is 3. The zero-order chi connectivity index (χ0) is 19.8. The van der Waals surface area contributed by atoms with Crippen molar-refractivity contribution in [2.45, 2.75) is 13.8 Å². The van der Waals surface area contributed by atoms with Crippen molar-refractivity contribution in [1.82, 2.24) is 14.1 Å². The van der Waals surface area contributed by atoms with Gasteiger partial charge in [0.1, 0.15) is 0 Å². The third kappa shape index (κ3) is 3.17. The van der Waals surface area contributed by atoms with Crippen LogP contribution in [-0.4, -0.2) is 20.3 Å². The Balaban J connectivity index is 1.64. The van der Waals surface area contributed by atoms with E-state index in [0.29, 0.717) is 16.0 Å². The summed E-state index contributed by atoms with van der Waals surface area (Å²) in [6.07, 6.45) is 1.79. The molecular formula is C21H19Cl2N5. The standard InChI is InChI=1S/C21H19Cl2N5/c1-13-11-15(14(2)28(13)19-10-6-7-16(22)20(19)23)12-24-26-21-25-17-8-4-5-9-18(17)27(21)3/h4-12H,1-3H3,(H,25,26)/b24-12-. The molecule has 7 heteroatoms. The molecular weight excluding hydrogens is 393 g/mol. The Hall–Kier alpha value is -2.76. The van der Waals surface area contributed by atoms with Crippen molar-refractivity contribution < 1.29 is 0 Å². The highest BCUT2D eigenvalue weighted by atomic mass is 35.5. The van der Waals surface area contributed by atoms with Crippen LogP contribution in [0.5, 0.6) is 0 Å². The van der Waals surface area contributed by atoms with Crippen LogP contribution in [0.4, 0.5) is 5.95 Å². The normalized spacial score (nSPS) is 11.6. The Labute approximate surface area is 173 Å². The maximum Gasteiger partial charge on any atom is 0.224 e. The number of nitrogens with zero attached hydrogens (tertiary/aromatic N) is 4. The van der Waals surface area contributed by atoms with E-state index >= 15 is 0 Å². The monoisotopic (exact) mass is 411 g/mol. The second-order valence-corrected chi connectivity index (χ2v) is 7.37. The number of rotatable bonds is 4. The van der Waals surface area contributed by atoms with Gasteiger partial charge in [0.2, 0.25) is 5.95 Å². The van der Waals surface area contributed by atoms with Gasteiger partial charge in [0, 0.05) is 24.0 Å². The number of halogens is 2. The fraction of sp³-hybridized carbons (Fsp3) is 0.143. The minimum absolute atomic E-state index is 0.533. The SMILES string of the molecule is Cc1cc(/C=N\Nc2nc3ccccc3n2C)c(C)n1-c1cccc(Cl)c1Cl. The predicted octanol–water partition coefficient (Wildman–Crippen LogP) is 5.73. The van der Waals surface area contributed by atoms with Crippen molar-refractivity contribution in [2.24, 2.45) is 12.1 Å². The van der Waals surface area contributed by atoms with Gasteiger partial charge in [-0.1, -0.05) is 41.4 Å². The minimum Gasteiger partial charge on any atom is -0.316 e. The van der Waals surface area contributed by atoms with Gasteiger partial charge in [-0.15, -0.1) is 0 Å². The summed E-state index contributed by atoms with van der Waals surface area (Å²) in [7, 11) is 1.96. The molecule has 0 saturated heterocycles. The van der Waals surface area contributed by atoms with E-state index < -0.39 is 0 Å². The molecule has 0 amide bonds. The fourth-order valence-corrected chi connectivity index (χ4v) is 3.74. The summed E-state index contributed by atoms with van der Waals surface area (Å²) in [4.78, 5) is 4.56. The molecule has 28 heavy (non-hydrogen) atoms. The first-order chi connectivity index (χ1) is 13.5. The van der Waals surface area contributed by atoms with Crippen LogP contribution in [0.25, 0.3) is 16.7 Å². The first-order valence-electron chi connectivity index (χ1n) is 8.81. The van der Waals surface area contributed by atoms with Gasteiger partial charge in [-0.2, -0.15) is 5.10 Å². The molecule has 1 N–H and O–H groups in total. The zero-order valence-electron chi connectivity index (χ0n) is 15.7. The summed E-state index contributed by atoms with van der Waals surface area (Å²) in [5.74, 6) is 0.684. The van der Waals surface area contributed by atoms with E-state index in [1.165, 1.54) is 0 Å². The average Bonchev–Trinajstić information content (AvgIpc) is 3.15. The maximum atomic E-state index is 6.41. The summed E-state index contributed by atoms with van der Waals surface area (Å²) in [6, 6.07) is 15.7. The molecule has 0 spiro atoms. The quantitative estimate of drug-likeness (QED) is 0.344. The van der Waals surface area contributed by atoms with Crippen LogP contribution in [-0.2, 0) is 7.05 Å². The van der Waals surface area contributed by atoms with E-state index in [1.807, 2.05) is 61.9 Å². The smallest absolute Gasteiger partial charge is 0.224 e. The highest BCUT2D eigenvalue weighted by Crippen LogP contribution is 2.31. The van der Waals surface area contributed by atoms with Gasteiger partial charge in [0.15, 0.2) is 0 Å². The van der Waals surface area contributed by atoms with Gasteiger partial charge in [-0.05, 0) is 44.2 Å². The van der Waals surface area contributed by atoms with Crippen LogP contribution in [0.3, 0.4) is 0 Å². The number of imidazole rings is 1. The summed E-state index contributed by atoms with van der Waals surface area (Å²) in [5, 5.41) is 5.45. The third-order valence-electron chi connectivity index (χ3n) is 4.80. The molecule has 0 radical (unpaired) electrons. The molecule has 0 saturated carbocycles. The highest BCUT2D eigenvalue weighted by molar-refractivity contribution is 6.43. The number of fused-ring (bicyclic) bond motifs is 1. The Morgan fingerprint density at radius 1 is 1.07 bits per heavy atom. The molecule has 0 aliphatic heterocycles. The van der Waals surface area contributed by atoms with Crippen molar-refractivity contribution in [2.75, 3.05) is 5.43 Å². The number of hydrazone groups is 1. The molecule has 0 aliphatic rings. The molecule has 142 valence electrons. The molecule has 2 heterocycles. The first kappa shape index (κ1) is 18.6. The van der Waals surface area contributed by atoms with E-state index in [1.54, 1.807) is 12.3 Å². The maximum absolute atomic E-state index is 6.41. The van der Waals surface area contributed by atoms with Gasteiger partial charge in [0.25, 0.3) is 0 Å². The molecule has 5 nitrogen and oxygen atoms in total. The van der Waals surface area contributed by atoms with Crippen LogP contribution in [0.15, 0.2) is 53.6 Å². The number of hydrogen-bond donors (Lipinski definition) is 1. The van der Waals surface area contributed by atoms with Crippen molar-refractivity contribution in [3.05, 3.63) is 75.5 Å². The Morgan fingerprint density at radius 2 is 1.86 bits per heavy atom. The summed E-state index contributed by atoms with van der Waals surface area (Å²) in [6.45, 7) is 4.06. The van der Waals surface area contributed by atoms with Crippen molar-refractivity contribution in [3.8, 4) is 5.69 Å². The number of hydrogen-bond acceptors (Lipinski definition) is 3. The topological polar surface area (TPSA) is 47.1 Å². The van der Waals surface area contributed by atoms with E-state index in [0.717, 1.165) is 33.7 Å². The number of benzene rings is 2. The lowest BCUT2D eigenvalue weighted by Crippen LogP contribution is -2.01. The van der Waals surface area contributed by atoms with Gasteiger partial charge >= 0.3 is 0 Å². The molecule has 0 atom stereocenters. The fourth-order valence-electron chi connectivity index (χ4n) is 3.36. The van der Waals surface area contributed by atoms with E-state index in [4.69, 9.17) is 23.2 Å². The van der Waals surface area contributed by atoms with E-state index in [-0.39, 0.29) is 0 Å². The van der Waals surface area contributed by atoms with Crippen LogP contribution in [0.2, 0.25) is 10.0 Å². The molecule has 0 bridgehead atoms. The van der Waals surface area contributed by atoms with Crippen LogP contribution < -0.4 is 5.43 Å². The van der Waals surface area contributed by atoms with E-state index in [9.17, 15) is 0 Å². The summed E-state index contributed by atoms with van der Waals surface area (Å²) in [5.41, 5.74) is 8.92. The van der Waals surface area contributed by atoms with Crippen LogP contribution in [0, 0.1) is 13.8 Å². The van der Waals surface area contributed by atoms with E-state index in [2.05, 4.69) is 26.1 Å². The Bertz CT molecular complexity index is 1200. The lowest BCUT2D eigenvalue weighted by molar-refractivity contribution is 0.943. The average molecular weight is 412 g/mol. The van der Waals surface area contributed by atoms with Crippen LogP contribution in [0.1, 0.15) is 17.0 Å². The van der Waals surface area contributed by atoms with Crippen molar-refractivity contribution in [1.29, 1.82) is 0 Å². The lowest BCUT2D eigenvalue weighted by atomic mass is 10.2. The molecule has 0 fully saturated rings. The molecule has 2 aromatic carbocycles. The van der Waals surface area contributed by atoms with Gasteiger partial charge in [0.05, 0.1) is 33.0 Å². The van der Waals surface area contributed by atoms with Gasteiger partial charge in [-0.3, -0.25) is 0 Å². The van der Waals surface area contributed by atoms with Crippen LogP contribution >= 0.6 is 23.2 Å². The number of para-hydroxylation sites is 2. The third-order valence-corrected chi connectivity index (χ3v) is 5.61. The molecule has 0 aliphatic carbocycles. The molecule has 4 rings (SSSR count). The highest BCUT2D eigenvalue weighted by Gasteiger charge is 2.13.